The van der Waals surface area contributed by atoms with Gasteiger partial charge in [-0.15, -0.1) is 24.8 Å². The number of aliphatic hydroxyl groups is 1. The van der Waals surface area contributed by atoms with Crippen molar-refractivity contribution in [2.45, 2.75) is 31.9 Å². The first-order chi connectivity index (χ1) is 10.2. The number of amides is 1. The van der Waals surface area contributed by atoms with Gasteiger partial charge in [0, 0.05) is 31.7 Å². The number of nitrogens with two attached hydrogens (primary N) is 1. The van der Waals surface area contributed by atoms with Gasteiger partial charge < -0.3 is 21.1 Å². The summed E-state index contributed by atoms with van der Waals surface area (Å²) >= 11 is 0. The molecule has 0 unspecified atom stereocenters. The van der Waals surface area contributed by atoms with Gasteiger partial charge in [0.15, 0.2) is 0 Å². The molecule has 1 saturated heterocycles. The first kappa shape index (κ1) is 22.1. The van der Waals surface area contributed by atoms with Crippen molar-refractivity contribution in [1.82, 2.24) is 10.2 Å². The van der Waals surface area contributed by atoms with Crippen LogP contribution in [0.1, 0.15) is 35.2 Å². The molecule has 0 bridgehead atoms. The van der Waals surface area contributed by atoms with Crippen LogP contribution in [0, 0.1) is 0 Å². The number of carbonyl (C=O) groups is 1. The van der Waals surface area contributed by atoms with E-state index in [1.807, 2.05) is 24.3 Å². The first-order valence-corrected chi connectivity index (χ1v) is 7.66. The normalized spacial score (nSPS) is 15.4. The van der Waals surface area contributed by atoms with Crippen molar-refractivity contribution in [2.24, 2.45) is 5.73 Å². The van der Waals surface area contributed by atoms with Crippen LogP contribution in [0.15, 0.2) is 24.3 Å². The monoisotopic (exact) mass is 363 g/mol. The van der Waals surface area contributed by atoms with Crippen LogP contribution in [-0.2, 0) is 6.54 Å². The quantitative estimate of drug-likeness (QED) is 0.670. The summed E-state index contributed by atoms with van der Waals surface area (Å²) in [5, 5.41) is 12.4. The molecule has 0 aromatic heterocycles. The Bertz CT molecular complexity index is 449. The molecular weight excluding hydrogens is 337 g/mol. The Morgan fingerprint density at radius 2 is 1.83 bits per heavy atom. The van der Waals surface area contributed by atoms with E-state index < -0.39 is 0 Å². The Hall–Kier alpha value is -0.850. The third-order valence-corrected chi connectivity index (χ3v) is 3.95. The van der Waals surface area contributed by atoms with Crippen LogP contribution in [-0.4, -0.2) is 48.2 Å². The molecule has 1 aromatic rings. The second-order valence-electron chi connectivity index (χ2n) is 5.58. The summed E-state index contributed by atoms with van der Waals surface area (Å²) in [6.45, 7) is 4.05. The predicted octanol–water partition coefficient (Wildman–Crippen LogP) is 1.57. The van der Waals surface area contributed by atoms with Gasteiger partial charge in [-0.3, -0.25) is 4.79 Å². The lowest BCUT2D eigenvalue weighted by Crippen LogP contribution is -2.37. The predicted molar refractivity (Wildman–Crippen MR) is 97.5 cm³/mol. The van der Waals surface area contributed by atoms with E-state index in [4.69, 9.17) is 5.73 Å². The van der Waals surface area contributed by atoms with Crippen molar-refractivity contribution >= 4 is 30.7 Å². The number of aliphatic hydroxyl groups excluding tert-OH is 1. The lowest BCUT2D eigenvalue weighted by atomic mass is 10.1. The summed E-state index contributed by atoms with van der Waals surface area (Å²) in [5.41, 5.74) is 7.23. The molecule has 0 aliphatic carbocycles. The first-order valence-electron chi connectivity index (χ1n) is 7.66. The molecule has 1 fully saturated rings. The molecule has 1 heterocycles. The zero-order valence-electron chi connectivity index (χ0n) is 13.2. The van der Waals surface area contributed by atoms with E-state index in [1.165, 1.54) is 0 Å². The summed E-state index contributed by atoms with van der Waals surface area (Å²) < 4.78 is 0. The summed E-state index contributed by atoms with van der Waals surface area (Å²) in [6.07, 6.45) is 2.53. The van der Waals surface area contributed by atoms with Crippen molar-refractivity contribution in [3.05, 3.63) is 35.4 Å². The fourth-order valence-electron chi connectivity index (χ4n) is 2.54. The molecule has 132 valence electrons. The van der Waals surface area contributed by atoms with E-state index in [1.54, 1.807) is 0 Å². The smallest absolute Gasteiger partial charge is 0.251 e. The molecule has 0 spiro atoms. The van der Waals surface area contributed by atoms with Gasteiger partial charge in [-0.05, 0) is 43.5 Å². The van der Waals surface area contributed by atoms with Crippen LogP contribution < -0.4 is 11.1 Å². The van der Waals surface area contributed by atoms with E-state index in [0.29, 0.717) is 18.7 Å². The van der Waals surface area contributed by atoms with Gasteiger partial charge in [-0.1, -0.05) is 12.1 Å². The average Bonchev–Trinajstić information content (AvgIpc) is 2.53. The third kappa shape index (κ3) is 7.50. The van der Waals surface area contributed by atoms with Crippen LogP contribution in [0.3, 0.4) is 0 Å². The standard InChI is InChI=1S/C16H25N3O2.2ClH/c17-12-13-2-4-14(5-3-13)16(21)18-8-1-9-19-10-6-15(20)7-11-19;;/h2-5,15,20H,1,6-12,17H2,(H,18,21);2*1H. The fraction of sp³-hybridized carbons (Fsp3) is 0.562. The molecule has 1 aliphatic rings. The van der Waals surface area contributed by atoms with Crippen LogP contribution >= 0.6 is 24.8 Å². The topological polar surface area (TPSA) is 78.6 Å². The molecule has 1 aromatic carbocycles. The lowest BCUT2D eigenvalue weighted by molar-refractivity contribution is 0.0816. The summed E-state index contributed by atoms with van der Waals surface area (Å²) in [7, 11) is 0. The van der Waals surface area contributed by atoms with Gasteiger partial charge in [0.05, 0.1) is 6.10 Å². The highest BCUT2D eigenvalue weighted by Crippen LogP contribution is 2.09. The molecule has 0 saturated carbocycles. The van der Waals surface area contributed by atoms with E-state index in [-0.39, 0.29) is 36.8 Å². The molecule has 0 radical (unpaired) electrons. The number of rotatable bonds is 6. The Morgan fingerprint density at radius 3 is 2.39 bits per heavy atom. The van der Waals surface area contributed by atoms with Crippen molar-refractivity contribution in [2.75, 3.05) is 26.2 Å². The van der Waals surface area contributed by atoms with Crippen molar-refractivity contribution in [3.63, 3.8) is 0 Å². The number of carbonyl (C=O) groups excluding carboxylic acids is 1. The Kier molecular flexibility index (Phi) is 11.2. The highest BCUT2D eigenvalue weighted by molar-refractivity contribution is 5.94. The van der Waals surface area contributed by atoms with E-state index in [2.05, 4.69) is 10.2 Å². The van der Waals surface area contributed by atoms with Crippen LogP contribution in [0.5, 0.6) is 0 Å². The maximum absolute atomic E-state index is 11.9. The minimum absolute atomic E-state index is 0. The van der Waals surface area contributed by atoms with Gasteiger partial charge in [-0.25, -0.2) is 0 Å². The molecular formula is C16H27Cl2N3O2. The zero-order chi connectivity index (χ0) is 15.1. The highest BCUT2D eigenvalue weighted by Gasteiger charge is 2.16. The Morgan fingerprint density at radius 1 is 1.22 bits per heavy atom. The van der Waals surface area contributed by atoms with Gasteiger partial charge >= 0.3 is 0 Å². The third-order valence-electron chi connectivity index (χ3n) is 3.95. The number of benzene rings is 1. The summed E-state index contributed by atoms with van der Waals surface area (Å²) in [6, 6.07) is 7.38. The minimum Gasteiger partial charge on any atom is -0.393 e. The van der Waals surface area contributed by atoms with E-state index in [0.717, 1.165) is 44.5 Å². The van der Waals surface area contributed by atoms with Crippen molar-refractivity contribution in [1.29, 1.82) is 0 Å². The van der Waals surface area contributed by atoms with Gasteiger partial charge in [0.25, 0.3) is 5.91 Å². The van der Waals surface area contributed by atoms with Crippen LogP contribution in [0.25, 0.3) is 0 Å². The maximum Gasteiger partial charge on any atom is 0.251 e. The number of hydrogen-bond donors (Lipinski definition) is 3. The fourth-order valence-corrected chi connectivity index (χ4v) is 2.54. The molecule has 1 aliphatic heterocycles. The van der Waals surface area contributed by atoms with Crippen molar-refractivity contribution < 1.29 is 9.90 Å². The largest absolute Gasteiger partial charge is 0.393 e. The lowest BCUT2D eigenvalue weighted by Gasteiger charge is -2.29. The number of halogens is 2. The number of likely N-dealkylation sites (tertiary alicyclic amines) is 1. The highest BCUT2D eigenvalue weighted by atomic mass is 35.5. The molecule has 4 N–H and O–H groups in total. The average molecular weight is 364 g/mol. The van der Waals surface area contributed by atoms with Crippen molar-refractivity contribution in [3.8, 4) is 0 Å². The summed E-state index contributed by atoms with van der Waals surface area (Å²) in [5.74, 6) is -0.0346. The SMILES string of the molecule is Cl.Cl.NCc1ccc(C(=O)NCCCN2CCC(O)CC2)cc1. The van der Waals surface area contributed by atoms with Crippen LogP contribution in [0.2, 0.25) is 0 Å². The number of nitrogens with zero attached hydrogens (tertiary/aromatic N) is 1. The molecule has 2 rings (SSSR count). The Balaban J connectivity index is 0.00000242. The molecule has 7 heteroatoms. The van der Waals surface area contributed by atoms with Crippen LogP contribution in [0.4, 0.5) is 0 Å². The molecule has 5 nitrogen and oxygen atoms in total. The number of hydrogen-bond acceptors (Lipinski definition) is 4. The molecule has 1 amide bonds. The van der Waals surface area contributed by atoms with Gasteiger partial charge in [0.2, 0.25) is 0 Å². The Labute approximate surface area is 150 Å². The summed E-state index contributed by atoms with van der Waals surface area (Å²) in [4.78, 5) is 14.3. The van der Waals surface area contributed by atoms with E-state index in [9.17, 15) is 9.90 Å². The van der Waals surface area contributed by atoms with E-state index >= 15 is 0 Å². The van der Waals surface area contributed by atoms with Gasteiger partial charge in [0.1, 0.15) is 0 Å². The maximum atomic E-state index is 11.9. The molecule has 0 atom stereocenters. The second kappa shape index (κ2) is 11.6. The minimum atomic E-state index is -0.127. The molecule has 23 heavy (non-hydrogen) atoms. The second-order valence-corrected chi connectivity index (χ2v) is 5.58. The van der Waals surface area contributed by atoms with Gasteiger partial charge in [-0.2, -0.15) is 0 Å². The zero-order valence-corrected chi connectivity index (χ0v) is 14.9. The number of nitrogens with one attached hydrogen (secondary N) is 1. The number of piperidine rings is 1.